The van der Waals surface area contributed by atoms with Crippen LogP contribution in [0.5, 0.6) is 0 Å². The van der Waals surface area contributed by atoms with Gasteiger partial charge in [-0.1, -0.05) is 23.5 Å². The molecule has 0 aliphatic heterocycles. The van der Waals surface area contributed by atoms with Crippen LogP contribution in [0.15, 0.2) is 36.2 Å². The largest absolute Gasteiger partial charge is 0.403 e. The summed E-state index contributed by atoms with van der Waals surface area (Å²) in [7, 11) is 0. The fourth-order valence-electron chi connectivity index (χ4n) is 1.17. The number of nitrogens with zero attached hydrogens (tertiary/aromatic N) is 1. The van der Waals surface area contributed by atoms with Gasteiger partial charge in [-0.15, -0.1) is 0 Å². The molecule has 0 spiro atoms. The molecule has 0 unspecified atom stereocenters. The predicted octanol–water partition coefficient (Wildman–Crippen LogP) is 0.994. The lowest BCUT2D eigenvalue weighted by molar-refractivity contribution is -0.112. The van der Waals surface area contributed by atoms with Crippen molar-refractivity contribution in [3.8, 4) is 0 Å². The maximum Gasteiger partial charge on any atom is 0.274 e. The molecule has 0 aliphatic carbocycles. The maximum atomic E-state index is 11.4. The fraction of sp³-hybridized carbons (Fsp3) is 0. The Kier molecular flexibility index (Phi) is 2.74. The number of hydrogen-bond acceptors (Lipinski definition) is 5. The SMILES string of the molecule is N/C=C(/N)C(=O)Nc1nc2ccccc2s1. The van der Waals surface area contributed by atoms with Crippen molar-refractivity contribution in [1.82, 2.24) is 4.98 Å². The number of amides is 1. The minimum absolute atomic E-state index is 0.0285. The molecule has 0 radical (unpaired) electrons. The first-order chi connectivity index (χ1) is 7.70. The van der Waals surface area contributed by atoms with Crippen molar-refractivity contribution in [2.45, 2.75) is 0 Å². The zero-order valence-electron chi connectivity index (χ0n) is 8.31. The van der Waals surface area contributed by atoms with Crippen LogP contribution in [-0.4, -0.2) is 10.9 Å². The summed E-state index contributed by atoms with van der Waals surface area (Å²) in [5.74, 6) is -0.443. The van der Waals surface area contributed by atoms with Gasteiger partial charge in [-0.2, -0.15) is 0 Å². The Hall–Kier alpha value is -2.08. The number of carbonyl (C=O) groups excluding carboxylic acids is 1. The molecule has 0 bridgehead atoms. The van der Waals surface area contributed by atoms with Gasteiger partial charge in [0.1, 0.15) is 5.70 Å². The number of rotatable bonds is 2. The van der Waals surface area contributed by atoms with Crippen molar-refractivity contribution in [3.63, 3.8) is 0 Å². The van der Waals surface area contributed by atoms with E-state index in [1.165, 1.54) is 11.3 Å². The zero-order chi connectivity index (χ0) is 11.5. The highest BCUT2D eigenvalue weighted by Gasteiger charge is 2.08. The van der Waals surface area contributed by atoms with Crippen molar-refractivity contribution in [2.24, 2.45) is 11.5 Å². The molecule has 82 valence electrons. The first kappa shape index (κ1) is 10.4. The first-order valence-electron chi connectivity index (χ1n) is 4.55. The summed E-state index contributed by atoms with van der Waals surface area (Å²) in [6, 6.07) is 7.62. The van der Waals surface area contributed by atoms with E-state index in [0.717, 1.165) is 16.4 Å². The molecule has 0 saturated heterocycles. The van der Waals surface area contributed by atoms with E-state index in [-0.39, 0.29) is 5.70 Å². The van der Waals surface area contributed by atoms with Crippen LogP contribution in [-0.2, 0) is 4.79 Å². The molecule has 5 nitrogen and oxygen atoms in total. The van der Waals surface area contributed by atoms with Crippen molar-refractivity contribution in [2.75, 3.05) is 5.32 Å². The Bertz CT molecular complexity index is 528. The second-order valence-electron chi connectivity index (χ2n) is 3.06. The van der Waals surface area contributed by atoms with E-state index in [1.54, 1.807) is 0 Å². The van der Waals surface area contributed by atoms with Crippen LogP contribution < -0.4 is 16.8 Å². The van der Waals surface area contributed by atoms with Crippen LogP contribution in [0.25, 0.3) is 10.2 Å². The van der Waals surface area contributed by atoms with Gasteiger partial charge in [0, 0.05) is 6.20 Å². The molecular weight excluding hydrogens is 224 g/mol. The number of nitrogens with one attached hydrogen (secondary N) is 1. The Morgan fingerprint density at radius 2 is 2.19 bits per heavy atom. The van der Waals surface area contributed by atoms with Gasteiger partial charge in [0.15, 0.2) is 5.13 Å². The molecular formula is C10H10N4OS. The molecule has 1 heterocycles. The lowest BCUT2D eigenvalue weighted by Crippen LogP contribution is -2.20. The number of nitrogens with two attached hydrogens (primary N) is 2. The molecule has 5 N–H and O–H groups in total. The average molecular weight is 234 g/mol. The van der Waals surface area contributed by atoms with Gasteiger partial charge in [-0.05, 0) is 12.1 Å². The van der Waals surface area contributed by atoms with Crippen LogP contribution in [0.3, 0.4) is 0 Å². The van der Waals surface area contributed by atoms with Crippen LogP contribution in [0.2, 0.25) is 0 Å². The van der Waals surface area contributed by atoms with Gasteiger partial charge in [-0.25, -0.2) is 4.98 Å². The molecule has 1 aromatic heterocycles. The topological polar surface area (TPSA) is 94.0 Å². The van der Waals surface area contributed by atoms with Crippen LogP contribution in [0.1, 0.15) is 0 Å². The van der Waals surface area contributed by atoms with E-state index >= 15 is 0 Å². The standard InChI is InChI=1S/C10H10N4OS/c11-5-6(12)9(15)14-10-13-7-3-1-2-4-8(7)16-10/h1-5H,11-12H2,(H,13,14,15)/b6-5+. The van der Waals surface area contributed by atoms with Crippen LogP contribution in [0, 0.1) is 0 Å². The molecule has 2 aromatic rings. The Labute approximate surface area is 95.8 Å². The summed E-state index contributed by atoms with van der Waals surface area (Å²) in [5, 5.41) is 3.09. The summed E-state index contributed by atoms with van der Waals surface area (Å²) < 4.78 is 1.01. The summed E-state index contributed by atoms with van der Waals surface area (Å²) >= 11 is 1.39. The van der Waals surface area contributed by atoms with Crippen LogP contribution in [0.4, 0.5) is 5.13 Å². The van der Waals surface area contributed by atoms with Crippen LogP contribution >= 0.6 is 11.3 Å². The van der Waals surface area contributed by atoms with E-state index < -0.39 is 5.91 Å². The molecule has 2 rings (SSSR count). The van der Waals surface area contributed by atoms with Crippen molar-refractivity contribution < 1.29 is 4.79 Å². The molecule has 0 fully saturated rings. The lowest BCUT2D eigenvalue weighted by atomic mass is 10.3. The lowest BCUT2D eigenvalue weighted by Gasteiger charge is -1.99. The van der Waals surface area contributed by atoms with Crippen molar-refractivity contribution in [3.05, 3.63) is 36.2 Å². The minimum Gasteiger partial charge on any atom is -0.403 e. The quantitative estimate of drug-likeness (QED) is 0.675. The monoisotopic (exact) mass is 234 g/mol. The number of fused-ring (bicyclic) bond motifs is 1. The number of hydrogen-bond donors (Lipinski definition) is 3. The number of para-hydroxylation sites is 1. The van der Waals surface area contributed by atoms with Gasteiger partial charge in [0.05, 0.1) is 10.2 Å². The molecule has 0 aliphatic rings. The molecule has 1 amide bonds. The second kappa shape index (κ2) is 4.19. The van der Waals surface area contributed by atoms with Gasteiger partial charge < -0.3 is 11.5 Å². The van der Waals surface area contributed by atoms with E-state index in [2.05, 4.69) is 10.3 Å². The highest BCUT2D eigenvalue weighted by Crippen LogP contribution is 2.25. The second-order valence-corrected chi connectivity index (χ2v) is 4.09. The third kappa shape index (κ3) is 1.96. The smallest absolute Gasteiger partial charge is 0.274 e. The van der Waals surface area contributed by atoms with Crippen molar-refractivity contribution >= 4 is 32.6 Å². The molecule has 1 aromatic carbocycles. The summed E-state index contributed by atoms with van der Waals surface area (Å²) in [5.41, 5.74) is 11.3. The highest BCUT2D eigenvalue weighted by atomic mass is 32.1. The van der Waals surface area contributed by atoms with Gasteiger partial charge >= 0.3 is 0 Å². The third-order valence-electron chi connectivity index (χ3n) is 1.96. The number of anilines is 1. The normalized spacial score (nSPS) is 11.6. The van der Waals surface area contributed by atoms with E-state index in [4.69, 9.17) is 11.5 Å². The van der Waals surface area contributed by atoms with Crippen molar-refractivity contribution in [1.29, 1.82) is 0 Å². The molecule has 16 heavy (non-hydrogen) atoms. The van der Waals surface area contributed by atoms with Gasteiger partial charge in [0.2, 0.25) is 0 Å². The first-order valence-corrected chi connectivity index (χ1v) is 5.36. The summed E-state index contributed by atoms with van der Waals surface area (Å²) in [4.78, 5) is 15.6. The zero-order valence-corrected chi connectivity index (χ0v) is 9.12. The van der Waals surface area contributed by atoms with Gasteiger partial charge in [-0.3, -0.25) is 10.1 Å². The fourth-order valence-corrected chi connectivity index (χ4v) is 2.03. The number of carbonyl (C=O) groups is 1. The number of thiazole rings is 1. The molecule has 0 atom stereocenters. The van der Waals surface area contributed by atoms with E-state index in [1.807, 2.05) is 24.3 Å². The highest BCUT2D eigenvalue weighted by molar-refractivity contribution is 7.22. The third-order valence-corrected chi connectivity index (χ3v) is 2.91. The Morgan fingerprint density at radius 1 is 1.44 bits per heavy atom. The maximum absolute atomic E-state index is 11.4. The summed E-state index contributed by atoms with van der Waals surface area (Å²) in [6.45, 7) is 0. The summed E-state index contributed by atoms with van der Waals surface area (Å²) in [6.07, 6.45) is 1.06. The predicted molar refractivity (Wildman–Crippen MR) is 64.7 cm³/mol. The average Bonchev–Trinajstić information content (AvgIpc) is 2.69. The van der Waals surface area contributed by atoms with E-state index in [9.17, 15) is 4.79 Å². The number of aromatic nitrogens is 1. The van der Waals surface area contributed by atoms with E-state index in [0.29, 0.717) is 5.13 Å². The Balaban J connectivity index is 2.25. The number of benzene rings is 1. The molecule has 6 heteroatoms. The Morgan fingerprint density at radius 3 is 2.88 bits per heavy atom. The van der Waals surface area contributed by atoms with Gasteiger partial charge in [0.25, 0.3) is 5.91 Å². The minimum atomic E-state index is -0.443. The molecule has 0 saturated carbocycles.